The van der Waals surface area contributed by atoms with Gasteiger partial charge >= 0.3 is 6.03 Å². The highest BCUT2D eigenvalue weighted by molar-refractivity contribution is 6.38. The predicted octanol–water partition coefficient (Wildman–Crippen LogP) is 3.08. The number of hydrogen-bond acceptors (Lipinski definition) is 5. The van der Waals surface area contributed by atoms with Crippen LogP contribution in [-0.4, -0.2) is 71.7 Å². The fraction of sp³-hybridized carbons (Fsp3) is 0.727. The number of fused-ring (bicyclic) bond motifs is 3. The van der Waals surface area contributed by atoms with Gasteiger partial charge in [-0.3, -0.25) is 19.2 Å². The molecule has 1 heterocycles. The molecule has 238 valence electrons. The summed E-state index contributed by atoms with van der Waals surface area (Å²) < 4.78 is 0. The van der Waals surface area contributed by atoms with E-state index >= 15 is 0 Å². The van der Waals surface area contributed by atoms with Crippen molar-refractivity contribution in [1.29, 1.82) is 0 Å². The third kappa shape index (κ3) is 6.99. The molecule has 2 bridgehead atoms. The average Bonchev–Trinajstić information content (AvgIpc) is 3.46. The average molecular weight is 598 g/mol. The van der Waals surface area contributed by atoms with Crippen LogP contribution in [0.1, 0.15) is 79.6 Å². The molecule has 5 amide bonds. The van der Waals surface area contributed by atoms with E-state index in [9.17, 15) is 24.0 Å². The first kappa shape index (κ1) is 32.7. The standard InChI is InChI=1S/C33H51N5O5/c1-8-10-12-22(26(39)29(41)34-15-11-9-2)35-28(40)25-24-21(33(24,6)7)18-38(25)30(42)27(32(3,4)5)37-31(43)36-23-17-19-13-14-20(23)16-19/h8-9,19-25,27H,1-2,10-18H2,3-7H3,(H,34,41)(H,35,40)(H2,36,37,43)/t19?,20?,21?,22?,23?,24-,25-,27+/m0/s1. The topological polar surface area (TPSA) is 137 Å². The molecule has 0 aromatic carbocycles. The fourth-order valence-electron chi connectivity index (χ4n) is 7.73. The van der Waals surface area contributed by atoms with Gasteiger partial charge < -0.3 is 26.2 Å². The minimum absolute atomic E-state index is 0.0866. The van der Waals surface area contributed by atoms with Crippen LogP contribution in [0.4, 0.5) is 4.79 Å². The fourth-order valence-corrected chi connectivity index (χ4v) is 7.73. The van der Waals surface area contributed by atoms with Crippen LogP contribution < -0.4 is 21.3 Å². The zero-order valence-electron chi connectivity index (χ0n) is 26.5. The molecule has 1 saturated heterocycles. The second kappa shape index (κ2) is 12.8. The maximum absolute atomic E-state index is 14.2. The highest BCUT2D eigenvalue weighted by Crippen LogP contribution is 2.65. The largest absolute Gasteiger partial charge is 0.349 e. The smallest absolute Gasteiger partial charge is 0.315 e. The highest BCUT2D eigenvalue weighted by Gasteiger charge is 2.70. The Morgan fingerprint density at radius 1 is 1.00 bits per heavy atom. The van der Waals surface area contributed by atoms with Gasteiger partial charge in [0, 0.05) is 19.1 Å². The van der Waals surface area contributed by atoms with E-state index in [2.05, 4.69) is 48.3 Å². The Bertz CT molecular complexity index is 1140. The molecule has 5 unspecified atom stereocenters. The highest BCUT2D eigenvalue weighted by atomic mass is 16.2. The number of ketones is 1. The van der Waals surface area contributed by atoms with Crippen LogP contribution >= 0.6 is 0 Å². The molecule has 43 heavy (non-hydrogen) atoms. The molecule has 4 N–H and O–H groups in total. The lowest BCUT2D eigenvalue weighted by Gasteiger charge is -2.38. The monoisotopic (exact) mass is 597 g/mol. The first-order chi connectivity index (χ1) is 20.2. The third-order valence-electron chi connectivity index (χ3n) is 10.4. The van der Waals surface area contributed by atoms with Crippen LogP contribution in [-0.2, 0) is 19.2 Å². The van der Waals surface area contributed by atoms with Crippen LogP contribution in [0.25, 0.3) is 0 Å². The number of allylic oxidation sites excluding steroid dienone is 1. The Morgan fingerprint density at radius 3 is 2.28 bits per heavy atom. The zero-order chi connectivity index (χ0) is 31.7. The molecule has 3 aliphatic carbocycles. The summed E-state index contributed by atoms with van der Waals surface area (Å²) in [6.45, 7) is 17.9. The van der Waals surface area contributed by atoms with Gasteiger partial charge in [0.25, 0.3) is 5.91 Å². The van der Waals surface area contributed by atoms with Crippen LogP contribution in [0.2, 0.25) is 0 Å². The summed E-state index contributed by atoms with van der Waals surface area (Å²) in [5.74, 6) is -1.04. The molecule has 4 aliphatic rings. The number of likely N-dealkylation sites (tertiary alicyclic amines) is 1. The van der Waals surface area contributed by atoms with Crippen molar-refractivity contribution in [3.63, 3.8) is 0 Å². The number of nitrogens with one attached hydrogen (secondary N) is 4. The van der Waals surface area contributed by atoms with Gasteiger partial charge in [0.05, 0.1) is 6.04 Å². The summed E-state index contributed by atoms with van der Waals surface area (Å²) in [5.41, 5.74) is -0.760. The second-order valence-corrected chi connectivity index (χ2v) is 14.7. The Labute approximate surface area is 256 Å². The van der Waals surface area contributed by atoms with Crippen LogP contribution in [0.3, 0.4) is 0 Å². The first-order valence-corrected chi connectivity index (χ1v) is 15.9. The molecule has 10 nitrogen and oxygen atoms in total. The van der Waals surface area contributed by atoms with Crippen molar-refractivity contribution in [1.82, 2.24) is 26.2 Å². The van der Waals surface area contributed by atoms with Crippen molar-refractivity contribution in [3.05, 3.63) is 25.3 Å². The molecular formula is C33H51N5O5. The summed E-state index contributed by atoms with van der Waals surface area (Å²) in [4.78, 5) is 68.5. The van der Waals surface area contributed by atoms with Crippen LogP contribution in [0, 0.1) is 34.5 Å². The number of rotatable bonds is 13. The summed E-state index contributed by atoms with van der Waals surface area (Å²) in [5, 5.41) is 11.5. The Hall–Kier alpha value is -3.17. The lowest BCUT2D eigenvalue weighted by Crippen LogP contribution is -2.62. The van der Waals surface area contributed by atoms with E-state index in [1.54, 1.807) is 17.1 Å². The number of urea groups is 1. The summed E-state index contributed by atoms with van der Waals surface area (Å²) >= 11 is 0. The number of carbonyl (C=O) groups is 5. The molecule has 3 saturated carbocycles. The van der Waals surface area contributed by atoms with E-state index in [1.807, 2.05) is 20.8 Å². The van der Waals surface area contributed by atoms with Crippen molar-refractivity contribution in [2.75, 3.05) is 13.1 Å². The Balaban J connectivity index is 1.49. The van der Waals surface area contributed by atoms with Crippen molar-refractivity contribution in [2.45, 2.75) is 104 Å². The normalized spacial score (nSPS) is 29.6. The number of nitrogens with zero attached hydrogens (tertiary/aromatic N) is 1. The van der Waals surface area contributed by atoms with Crippen molar-refractivity contribution in [2.24, 2.45) is 34.5 Å². The second-order valence-electron chi connectivity index (χ2n) is 14.7. The lowest BCUT2D eigenvalue weighted by molar-refractivity contribution is -0.145. The molecule has 0 aromatic heterocycles. The third-order valence-corrected chi connectivity index (χ3v) is 10.4. The van der Waals surface area contributed by atoms with Crippen molar-refractivity contribution >= 4 is 29.5 Å². The SMILES string of the molecule is C=CCCNC(=O)C(=O)C(CCC=C)NC(=O)[C@@H]1[C@@H]2C(CN1C(=O)[C@@H](NC(=O)NC1CC3CCC1C3)C(C)(C)C)C2(C)C. The van der Waals surface area contributed by atoms with Crippen LogP contribution in [0.5, 0.6) is 0 Å². The van der Waals surface area contributed by atoms with Gasteiger partial charge in [0.2, 0.25) is 17.6 Å². The first-order valence-electron chi connectivity index (χ1n) is 15.9. The predicted molar refractivity (Wildman–Crippen MR) is 165 cm³/mol. The molecule has 4 fully saturated rings. The van der Waals surface area contributed by atoms with Gasteiger partial charge in [0.1, 0.15) is 12.1 Å². The minimum atomic E-state index is -1.05. The summed E-state index contributed by atoms with van der Waals surface area (Å²) in [6.07, 6.45) is 8.93. The van der Waals surface area contributed by atoms with E-state index in [1.165, 1.54) is 6.42 Å². The van der Waals surface area contributed by atoms with E-state index in [0.717, 1.165) is 19.3 Å². The van der Waals surface area contributed by atoms with Gasteiger partial charge in [0.15, 0.2) is 0 Å². The van der Waals surface area contributed by atoms with E-state index in [4.69, 9.17) is 0 Å². The van der Waals surface area contributed by atoms with Gasteiger partial charge in [-0.05, 0) is 73.0 Å². The van der Waals surface area contributed by atoms with E-state index < -0.39 is 41.1 Å². The summed E-state index contributed by atoms with van der Waals surface area (Å²) in [7, 11) is 0. The lowest BCUT2D eigenvalue weighted by atomic mass is 9.85. The molecule has 0 radical (unpaired) electrons. The Kier molecular flexibility index (Phi) is 9.76. The van der Waals surface area contributed by atoms with Crippen molar-refractivity contribution < 1.29 is 24.0 Å². The molecule has 8 atom stereocenters. The molecule has 0 spiro atoms. The molecule has 0 aromatic rings. The van der Waals surface area contributed by atoms with Gasteiger partial charge in [-0.15, -0.1) is 13.2 Å². The van der Waals surface area contributed by atoms with Crippen LogP contribution in [0.15, 0.2) is 25.3 Å². The Morgan fingerprint density at radius 2 is 1.70 bits per heavy atom. The van der Waals surface area contributed by atoms with E-state index in [0.29, 0.717) is 31.2 Å². The number of amides is 5. The van der Waals surface area contributed by atoms with Gasteiger partial charge in [-0.1, -0.05) is 53.2 Å². The maximum atomic E-state index is 14.2. The molecule has 10 heteroatoms. The minimum Gasteiger partial charge on any atom is -0.349 e. The van der Waals surface area contributed by atoms with E-state index in [-0.39, 0.29) is 48.2 Å². The summed E-state index contributed by atoms with van der Waals surface area (Å²) in [6, 6.07) is -2.93. The maximum Gasteiger partial charge on any atom is 0.315 e. The van der Waals surface area contributed by atoms with Gasteiger partial charge in [-0.25, -0.2) is 4.79 Å². The number of Topliss-reactive ketones (excluding diaryl/α,β-unsaturated/α-hetero) is 1. The van der Waals surface area contributed by atoms with Gasteiger partial charge in [-0.2, -0.15) is 0 Å². The quantitative estimate of drug-likeness (QED) is 0.147. The molecule has 4 rings (SSSR count). The van der Waals surface area contributed by atoms with Crippen molar-refractivity contribution in [3.8, 4) is 0 Å². The number of piperidine rings is 1. The number of carbonyl (C=O) groups excluding carboxylic acids is 5. The molecular weight excluding hydrogens is 546 g/mol. The zero-order valence-corrected chi connectivity index (χ0v) is 26.5. The molecule has 1 aliphatic heterocycles. The number of hydrogen-bond donors (Lipinski definition) is 4.